The van der Waals surface area contributed by atoms with E-state index < -0.39 is 5.97 Å². The van der Waals surface area contributed by atoms with Crippen LogP contribution in [-0.4, -0.2) is 48.1 Å². The van der Waals surface area contributed by atoms with Gasteiger partial charge in [-0.3, -0.25) is 9.59 Å². The molecule has 0 rings (SSSR count). The van der Waals surface area contributed by atoms with Crippen LogP contribution in [0.25, 0.3) is 0 Å². The minimum Gasteiger partial charge on any atom is -0.481 e. The predicted molar refractivity (Wildman–Crippen MR) is 62.3 cm³/mol. The Morgan fingerprint density at radius 2 is 2.06 bits per heavy atom. The lowest BCUT2D eigenvalue weighted by Crippen LogP contribution is -2.39. The molecule has 0 bridgehead atoms. The highest BCUT2D eigenvalue weighted by atomic mass is 16.4. The summed E-state index contributed by atoms with van der Waals surface area (Å²) < 4.78 is 0. The first-order valence-electron chi connectivity index (χ1n) is 5.68. The van der Waals surface area contributed by atoms with Crippen LogP contribution >= 0.6 is 0 Å². The number of amides is 1. The summed E-state index contributed by atoms with van der Waals surface area (Å²) in [6, 6.07) is -0.232. The van der Waals surface area contributed by atoms with Gasteiger partial charge < -0.3 is 15.3 Å². The first-order valence-corrected chi connectivity index (χ1v) is 5.68. The normalized spacial score (nSPS) is 12.2. The standard InChI is InChI=1S/C11H22N2O3/c1-4-13(9(2)8-11(15)16)10(14)6-5-7-12-3/h9,12H,4-8H2,1-3H3,(H,15,16). The fourth-order valence-corrected chi connectivity index (χ4v) is 1.66. The molecule has 0 aliphatic heterocycles. The smallest absolute Gasteiger partial charge is 0.305 e. The molecule has 0 aliphatic rings. The summed E-state index contributed by atoms with van der Waals surface area (Å²) in [6.07, 6.45) is 1.26. The van der Waals surface area contributed by atoms with Gasteiger partial charge in [0.25, 0.3) is 0 Å². The van der Waals surface area contributed by atoms with E-state index >= 15 is 0 Å². The van der Waals surface area contributed by atoms with Crippen LogP contribution in [0.15, 0.2) is 0 Å². The van der Waals surface area contributed by atoms with E-state index in [-0.39, 0.29) is 18.4 Å². The summed E-state index contributed by atoms with van der Waals surface area (Å²) in [5, 5.41) is 11.7. The van der Waals surface area contributed by atoms with Crippen LogP contribution in [0.5, 0.6) is 0 Å². The molecule has 0 aromatic carbocycles. The molecule has 0 aromatic heterocycles. The number of nitrogens with one attached hydrogen (secondary N) is 1. The third-order valence-electron chi connectivity index (χ3n) is 2.48. The van der Waals surface area contributed by atoms with Gasteiger partial charge in [-0.05, 0) is 33.9 Å². The number of carbonyl (C=O) groups excluding carboxylic acids is 1. The zero-order valence-electron chi connectivity index (χ0n) is 10.3. The molecule has 1 unspecified atom stereocenters. The van der Waals surface area contributed by atoms with Gasteiger partial charge >= 0.3 is 5.97 Å². The van der Waals surface area contributed by atoms with E-state index in [0.29, 0.717) is 13.0 Å². The summed E-state index contributed by atoms with van der Waals surface area (Å²) in [7, 11) is 1.84. The van der Waals surface area contributed by atoms with Gasteiger partial charge in [0.15, 0.2) is 0 Å². The number of carboxylic acids is 1. The van der Waals surface area contributed by atoms with E-state index in [9.17, 15) is 9.59 Å². The van der Waals surface area contributed by atoms with E-state index in [1.54, 1.807) is 11.8 Å². The van der Waals surface area contributed by atoms with E-state index in [2.05, 4.69) is 5.32 Å². The number of carbonyl (C=O) groups is 2. The molecular formula is C11H22N2O3. The van der Waals surface area contributed by atoms with Crippen molar-refractivity contribution in [2.75, 3.05) is 20.1 Å². The van der Waals surface area contributed by atoms with Gasteiger partial charge in [0.05, 0.1) is 6.42 Å². The van der Waals surface area contributed by atoms with Crippen LogP contribution in [0.4, 0.5) is 0 Å². The first-order chi connectivity index (χ1) is 7.52. The molecule has 0 fully saturated rings. The van der Waals surface area contributed by atoms with Gasteiger partial charge in [-0.2, -0.15) is 0 Å². The lowest BCUT2D eigenvalue weighted by Gasteiger charge is -2.27. The van der Waals surface area contributed by atoms with E-state index in [1.807, 2.05) is 14.0 Å². The summed E-state index contributed by atoms with van der Waals surface area (Å²) in [6.45, 7) is 5.01. The molecule has 16 heavy (non-hydrogen) atoms. The molecule has 0 aromatic rings. The maximum Gasteiger partial charge on any atom is 0.305 e. The van der Waals surface area contributed by atoms with E-state index in [1.165, 1.54) is 0 Å². The monoisotopic (exact) mass is 230 g/mol. The minimum atomic E-state index is -0.867. The fourth-order valence-electron chi connectivity index (χ4n) is 1.66. The Balaban J connectivity index is 4.14. The Hall–Kier alpha value is -1.10. The predicted octanol–water partition coefficient (Wildman–Crippen LogP) is 0.698. The Kier molecular flexibility index (Phi) is 7.54. The average Bonchev–Trinajstić information content (AvgIpc) is 2.18. The molecule has 1 atom stereocenters. The van der Waals surface area contributed by atoms with Gasteiger partial charge in [0.1, 0.15) is 0 Å². The van der Waals surface area contributed by atoms with Crippen molar-refractivity contribution in [1.29, 1.82) is 0 Å². The third kappa shape index (κ3) is 5.70. The van der Waals surface area contributed by atoms with Crippen LogP contribution < -0.4 is 5.32 Å². The fraction of sp³-hybridized carbons (Fsp3) is 0.818. The largest absolute Gasteiger partial charge is 0.481 e. The van der Waals surface area contributed by atoms with Crippen LogP contribution in [-0.2, 0) is 9.59 Å². The van der Waals surface area contributed by atoms with Gasteiger partial charge in [-0.1, -0.05) is 0 Å². The topological polar surface area (TPSA) is 69.6 Å². The molecule has 0 saturated heterocycles. The van der Waals surface area contributed by atoms with Gasteiger partial charge in [0, 0.05) is 19.0 Å². The molecule has 1 amide bonds. The maximum absolute atomic E-state index is 11.8. The van der Waals surface area contributed by atoms with Crippen molar-refractivity contribution in [3.8, 4) is 0 Å². The van der Waals surface area contributed by atoms with Crippen molar-refractivity contribution in [2.45, 2.75) is 39.2 Å². The molecule has 5 heteroatoms. The van der Waals surface area contributed by atoms with Crippen molar-refractivity contribution >= 4 is 11.9 Å². The zero-order chi connectivity index (χ0) is 12.6. The molecule has 5 nitrogen and oxygen atoms in total. The second kappa shape index (κ2) is 8.10. The van der Waals surface area contributed by atoms with Crippen molar-refractivity contribution < 1.29 is 14.7 Å². The van der Waals surface area contributed by atoms with Crippen molar-refractivity contribution in [3.05, 3.63) is 0 Å². The van der Waals surface area contributed by atoms with Gasteiger partial charge in [-0.25, -0.2) is 0 Å². The first kappa shape index (κ1) is 14.9. The van der Waals surface area contributed by atoms with Crippen molar-refractivity contribution in [3.63, 3.8) is 0 Å². The highest BCUT2D eigenvalue weighted by molar-refractivity contribution is 5.77. The highest BCUT2D eigenvalue weighted by Crippen LogP contribution is 2.07. The van der Waals surface area contributed by atoms with Crippen LogP contribution in [0.3, 0.4) is 0 Å². The van der Waals surface area contributed by atoms with Crippen LogP contribution in [0.2, 0.25) is 0 Å². The molecule has 0 aliphatic carbocycles. The summed E-state index contributed by atoms with van der Waals surface area (Å²) >= 11 is 0. The number of aliphatic carboxylic acids is 1. The molecule has 0 heterocycles. The lowest BCUT2D eigenvalue weighted by molar-refractivity contribution is -0.140. The summed E-state index contributed by atoms with van der Waals surface area (Å²) in [4.78, 5) is 24.0. The second-order valence-electron chi connectivity index (χ2n) is 3.83. The Morgan fingerprint density at radius 3 is 2.50 bits per heavy atom. The van der Waals surface area contributed by atoms with Gasteiger partial charge in [-0.15, -0.1) is 0 Å². The molecule has 94 valence electrons. The molecule has 0 radical (unpaired) electrons. The van der Waals surface area contributed by atoms with E-state index in [4.69, 9.17) is 5.11 Å². The SMILES string of the molecule is CCN(C(=O)CCCNC)C(C)CC(=O)O. The third-order valence-corrected chi connectivity index (χ3v) is 2.48. The molecular weight excluding hydrogens is 208 g/mol. The molecule has 2 N–H and O–H groups in total. The van der Waals surface area contributed by atoms with Crippen molar-refractivity contribution in [1.82, 2.24) is 10.2 Å². The molecule has 0 spiro atoms. The number of carboxylic acid groups (broad SMARTS) is 1. The Bertz CT molecular complexity index is 231. The lowest BCUT2D eigenvalue weighted by atomic mass is 10.1. The van der Waals surface area contributed by atoms with Crippen LogP contribution in [0.1, 0.15) is 33.1 Å². The average molecular weight is 230 g/mol. The second-order valence-corrected chi connectivity index (χ2v) is 3.83. The number of hydrogen-bond donors (Lipinski definition) is 2. The highest BCUT2D eigenvalue weighted by Gasteiger charge is 2.19. The Morgan fingerprint density at radius 1 is 1.44 bits per heavy atom. The summed E-state index contributed by atoms with van der Waals surface area (Å²) in [5.41, 5.74) is 0. The zero-order valence-corrected chi connectivity index (χ0v) is 10.3. The Labute approximate surface area is 96.8 Å². The maximum atomic E-state index is 11.8. The van der Waals surface area contributed by atoms with Crippen molar-refractivity contribution in [2.24, 2.45) is 0 Å². The van der Waals surface area contributed by atoms with Crippen LogP contribution in [0, 0.1) is 0 Å². The summed E-state index contributed by atoms with van der Waals surface area (Å²) in [5.74, 6) is -0.833. The number of nitrogens with zero attached hydrogens (tertiary/aromatic N) is 1. The molecule has 0 saturated carbocycles. The quantitative estimate of drug-likeness (QED) is 0.602. The van der Waals surface area contributed by atoms with Gasteiger partial charge in [0.2, 0.25) is 5.91 Å². The number of hydrogen-bond acceptors (Lipinski definition) is 3. The minimum absolute atomic E-state index is 0.00556. The number of rotatable bonds is 8. The van der Waals surface area contributed by atoms with E-state index in [0.717, 1.165) is 13.0 Å².